The molecule has 1 amide bonds. The molecule has 14 heavy (non-hydrogen) atoms. The first-order valence-corrected chi connectivity index (χ1v) is 5.17. The van der Waals surface area contributed by atoms with Gasteiger partial charge >= 0.3 is 0 Å². The van der Waals surface area contributed by atoms with Crippen LogP contribution in [0.15, 0.2) is 0 Å². The van der Waals surface area contributed by atoms with Gasteiger partial charge in [-0.1, -0.05) is 6.42 Å². The van der Waals surface area contributed by atoms with E-state index in [2.05, 4.69) is 17.2 Å². The molecule has 0 fully saturated rings. The molecule has 0 heterocycles. The van der Waals surface area contributed by atoms with E-state index in [1.54, 1.807) is 6.92 Å². The number of hydrogen-bond acceptors (Lipinski definition) is 2. The monoisotopic (exact) mass is 196 g/mol. The summed E-state index contributed by atoms with van der Waals surface area (Å²) in [7, 11) is 0. The van der Waals surface area contributed by atoms with Crippen molar-refractivity contribution in [1.29, 1.82) is 0 Å². The molecule has 0 saturated carbocycles. The number of carbonyl (C=O) groups is 1. The van der Waals surface area contributed by atoms with Crippen molar-refractivity contribution in [3.63, 3.8) is 0 Å². The van der Waals surface area contributed by atoms with E-state index in [4.69, 9.17) is 5.73 Å². The zero-order chi connectivity index (χ0) is 10.6. The van der Waals surface area contributed by atoms with Gasteiger partial charge in [0.1, 0.15) is 0 Å². The van der Waals surface area contributed by atoms with Crippen LogP contribution in [0.25, 0.3) is 0 Å². The molecule has 0 saturated heterocycles. The van der Waals surface area contributed by atoms with Crippen LogP contribution in [0.2, 0.25) is 0 Å². The van der Waals surface area contributed by atoms with E-state index >= 15 is 0 Å². The largest absolute Gasteiger partial charge is 0.355 e. The minimum absolute atomic E-state index is 0.125. The normalized spacial score (nSPS) is 9.00. The summed E-state index contributed by atoms with van der Waals surface area (Å²) in [6.07, 6.45) is 4.33. The molecule has 0 atom stereocenters. The lowest BCUT2D eigenvalue weighted by molar-refractivity contribution is -0.121. The fraction of sp³-hybridized carbons (Fsp3) is 0.727. The van der Waals surface area contributed by atoms with Crippen molar-refractivity contribution >= 4 is 5.91 Å². The van der Waals surface area contributed by atoms with Gasteiger partial charge in [-0.3, -0.25) is 4.79 Å². The van der Waals surface area contributed by atoms with E-state index in [-0.39, 0.29) is 5.91 Å². The third kappa shape index (κ3) is 9.08. The molecule has 0 aromatic carbocycles. The molecule has 0 rings (SSSR count). The summed E-state index contributed by atoms with van der Waals surface area (Å²) in [5, 5.41) is 2.82. The van der Waals surface area contributed by atoms with E-state index in [1.165, 1.54) is 0 Å². The Balaban J connectivity index is 3.22. The van der Waals surface area contributed by atoms with Crippen LogP contribution in [0.3, 0.4) is 0 Å². The minimum Gasteiger partial charge on any atom is -0.355 e. The van der Waals surface area contributed by atoms with Crippen LogP contribution in [0.4, 0.5) is 0 Å². The third-order valence-electron chi connectivity index (χ3n) is 1.86. The quantitative estimate of drug-likeness (QED) is 0.472. The second kappa shape index (κ2) is 10.1. The predicted molar refractivity (Wildman–Crippen MR) is 58.6 cm³/mol. The molecule has 80 valence electrons. The first-order chi connectivity index (χ1) is 6.81. The lowest BCUT2D eigenvalue weighted by Crippen LogP contribution is -2.23. The number of nitrogens with two attached hydrogens (primary N) is 1. The van der Waals surface area contributed by atoms with E-state index in [1.807, 2.05) is 0 Å². The smallest absolute Gasteiger partial charge is 0.220 e. The molecule has 0 radical (unpaired) electrons. The first kappa shape index (κ1) is 13.0. The van der Waals surface area contributed by atoms with E-state index < -0.39 is 0 Å². The summed E-state index contributed by atoms with van der Waals surface area (Å²) in [6.45, 7) is 3.18. The van der Waals surface area contributed by atoms with Crippen molar-refractivity contribution in [3.05, 3.63) is 0 Å². The molecular weight excluding hydrogens is 176 g/mol. The van der Waals surface area contributed by atoms with E-state index in [9.17, 15) is 4.79 Å². The van der Waals surface area contributed by atoms with Crippen molar-refractivity contribution in [2.75, 3.05) is 13.1 Å². The highest BCUT2D eigenvalue weighted by molar-refractivity contribution is 5.75. The van der Waals surface area contributed by atoms with Crippen LogP contribution in [0, 0.1) is 11.8 Å². The lowest BCUT2D eigenvalue weighted by Gasteiger charge is -2.02. The van der Waals surface area contributed by atoms with Gasteiger partial charge in [0, 0.05) is 19.4 Å². The van der Waals surface area contributed by atoms with Gasteiger partial charge in [-0.2, -0.15) is 0 Å². The van der Waals surface area contributed by atoms with Gasteiger partial charge < -0.3 is 11.1 Å². The van der Waals surface area contributed by atoms with Gasteiger partial charge in [-0.25, -0.2) is 0 Å². The number of hydrogen-bond donors (Lipinski definition) is 2. The van der Waals surface area contributed by atoms with Gasteiger partial charge in [-0.05, 0) is 26.3 Å². The number of nitrogens with one attached hydrogen (secondary N) is 1. The Hall–Kier alpha value is -1.01. The SMILES string of the molecule is CC#CCCNC(=O)CCCCCN. The highest BCUT2D eigenvalue weighted by Gasteiger charge is 1.98. The van der Waals surface area contributed by atoms with E-state index in [0.717, 1.165) is 25.7 Å². The summed E-state index contributed by atoms with van der Waals surface area (Å²) in [5.41, 5.74) is 5.34. The molecule has 0 spiro atoms. The second-order valence-corrected chi connectivity index (χ2v) is 3.13. The standard InChI is InChI=1S/C11H20N2O/c1-2-3-7-10-13-11(14)8-5-4-6-9-12/h4-10,12H2,1H3,(H,13,14). The van der Waals surface area contributed by atoms with Gasteiger partial charge in [0.15, 0.2) is 0 Å². The third-order valence-corrected chi connectivity index (χ3v) is 1.86. The Morgan fingerprint density at radius 2 is 2.14 bits per heavy atom. The Labute approximate surface area is 86.4 Å². The zero-order valence-corrected chi connectivity index (χ0v) is 8.94. The second-order valence-electron chi connectivity index (χ2n) is 3.13. The van der Waals surface area contributed by atoms with Gasteiger partial charge in [0.05, 0.1) is 0 Å². The molecule has 0 bridgehead atoms. The maximum absolute atomic E-state index is 11.2. The molecule has 0 aliphatic heterocycles. The Morgan fingerprint density at radius 1 is 1.36 bits per heavy atom. The van der Waals surface area contributed by atoms with Crippen LogP contribution in [-0.4, -0.2) is 19.0 Å². The van der Waals surface area contributed by atoms with Crippen LogP contribution in [-0.2, 0) is 4.79 Å². The summed E-state index contributed by atoms with van der Waals surface area (Å²) >= 11 is 0. The van der Waals surface area contributed by atoms with Crippen molar-refractivity contribution in [3.8, 4) is 11.8 Å². The molecule has 0 aromatic heterocycles. The van der Waals surface area contributed by atoms with Gasteiger partial charge in [0.25, 0.3) is 0 Å². The fourth-order valence-electron chi connectivity index (χ4n) is 1.08. The van der Waals surface area contributed by atoms with Crippen LogP contribution < -0.4 is 11.1 Å². The van der Waals surface area contributed by atoms with Crippen molar-refractivity contribution in [2.45, 2.75) is 39.0 Å². The fourth-order valence-corrected chi connectivity index (χ4v) is 1.08. The summed E-state index contributed by atoms with van der Waals surface area (Å²) < 4.78 is 0. The number of carbonyl (C=O) groups excluding carboxylic acids is 1. The topological polar surface area (TPSA) is 55.1 Å². The lowest BCUT2D eigenvalue weighted by atomic mass is 10.2. The maximum atomic E-state index is 11.2. The van der Waals surface area contributed by atoms with Crippen LogP contribution in [0.5, 0.6) is 0 Å². The van der Waals surface area contributed by atoms with Crippen LogP contribution in [0.1, 0.15) is 39.0 Å². The number of amides is 1. The first-order valence-electron chi connectivity index (χ1n) is 5.17. The van der Waals surface area contributed by atoms with Crippen molar-refractivity contribution in [2.24, 2.45) is 5.73 Å². The molecule has 0 aliphatic carbocycles. The van der Waals surface area contributed by atoms with Crippen LogP contribution >= 0.6 is 0 Å². The van der Waals surface area contributed by atoms with Gasteiger partial charge in [0.2, 0.25) is 5.91 Å². The highest BCUT2D eigenvalue weighted by Crippen LogP contribution is 1.97. The minimum atomic E-state index is 0.125. The molecular formula is C11H20N2O. The molecule has 3 heteroatoms. The van der Waals surface area contributed by atoms with Crippen molar-refractivity contribution < 1.29 is 4.79 Å². The molecule has 3 nitrogen and oxygen atoms in total. The van der Waals surface area contributed by atoms with Crippen molar-refractivity contribution in [1.82, 2.24) is 5.32 Å². The Morgan fingerprint density at radius 3 is 2.79 bits per heavy atom. The average Bonchev–Trinajstić information content (AvgIpc) is 2.19. The van der Waals surface area contributed by atoms with Gasteiger partial charge in [-0.15, -0.1) is 11.8 Å². The summed E-state index contributed by atoms with van der Waals surface area (Å²) in [4.78, 5) is 11.2. The average molecular weight is 196 g/mol. The Kier molecular flexibility index (Phi) is 9.35. The molecule has 0 aliphatic rings. The molecule has 0 aromatic rings. The zero-order valence-electron chi connectivity index (χ0n) is 8.94. The van der Waals surface area contributed by atoms with E-state index in [0.29, 0.717) is 19.5 Å². The molecule has 3 N–H and O–H groups in total. The number of unbranched alkanes of at least 4 members (excludes halogenated alkanes) is 2. The summed E-state index contributed by atoms with van der Waals surface area (Å²) in [6, 6.07) is 0. The number of rotatable bonds is 7. The maximum Gasteiger partial charge on any atom is 0.220 e. The Bertz CT molecular complexity index is 203. The summed E-state index contributed by atoms with van der Waals surface area (Å²) in [5.74, 6) is 5.81. The molecule has 0 unspecified atom stereocenters. The highest BCUT2D eigenvalue weighted by atomic mass is 16.1. The predicted octanol–water partition coefficient (Wildman–Crippen LogP) is 1.04.